The number of ether oxygens (including phenoxy) is 1. The van der Waals surface area contributed by atoms with Gasteiger partial charge in [-0.25, -0.2) is 9.67 Å². The molecule has 2 aromatic heterocycles. The van der Waals surface area contributed by atoms with Crippen LogP contribution in [0, 0.1) is 13.8 Å². The summed E-state index contributed by atoms with van der Waals surface area (Å²) < 4.78 is 7.52. The van der Waals surface area contributed by atoms with Crippen LogP contribution in [0.2, 0.25) is 0 Å². The molecule has 148 valence electrons. The van der Waals surface area contributed by atoms with Crippen LogP contribution in [-0.2, 0) is 11.2 Å². The van der Waals surface area contributed by atoms with Crippen molar-refractivity contribution in [2.45, 2.75) is 53.5 Å². The number of hydrogen-bond acceptors (Lipinski definition) is 4. The Morgan fingerprint density at radius 3 is 2.71 bits per heavy atom. The van der Waals surface area contributed by atoms with Gasteiger partial charge in [-0.2, -0.15) is 5.10 Å². The van der Waals surface area contributed by atoms with Gasteiger partial charge < -0.3 is 10.1 Å². The molecule has 28 heavy (non-hydrogen) atoms. The van der Waals surface area contributed by atoms with E-state index in [2.05, 4.69) is 31.2 Å². The van der Waals surface area contributed by atoms with Crippen LogP contribution in [0.3, 0.4) is 0 Å². The second-order valence-corrected chi connectivity index (χ2v) is 7.20. The van der Waals surface area contributed by atoms with Crippen molar-refractivity contribution >= 4 is 22.6 Å². The number of para-hydroxylation sites is 2. The molecule has 1 aromatic carbocycles. The van der Waals surface area contributed by atoms with Gasteiger partial charge in [-0.3, -0.25) is 4.79 Å². The van der Waals surface area contributed by atoms with E-state index in [0.29, 0.717) is 30.9 Å². The fourth-order valence-corrected chi connectivity index (χ4v) is 3.44. The molecular weight excluding hydrogens is 352 g/mol. The molecule has 3 rings (SSSR count). The summed E-state index contributed by atoms with van der Waals surface area (Å²) in [6.45, 7) is 10.8. The van der Waals surface area contributed by atoms with Crippen LogP contribution < -0.4 is 10.1 Å². The molecule has 0 aliphatic carbocycles. The quantitative estimate of drug-likeness (QED) is 0.650. The predicted molar refractivity (Wildman–Crippen MR) is 112 cm³/mol. The zero-order valence-corrected chi connectivity index (χ0v) is 17.2. The molecule has 6 nitrogen and oxygen atoms in total. The van der Waals surface area contributed by atoms with E-state index >= 15 is 0 Å². The van der Waals surface area contributed by atoms with Gasteiger partial charge in [-0.1, -0.05) is 12.1 Å². The van der Waals surface area contributed by atoms with Crippen molar-refractivity contribution in [2.75, 3.05) is 11.9 Å². The molecule has 0 aliphatic heterocycles. The molecule has 0 saturated carbocycles. The Kier molecular flexibility index (Phi) is 5.97. The van der Waals surface area contributed by atoms with Crippen LogP contribution in [0.25, 0.3) is 11.0 Å². The number of rotatable bonds is 7. The van der Waals surface area contributed by atoms with Gasteiger partial charge >= 0.3 is 0 Å². The number of carbonyl (C=O) groups excluding carboxylic acids is 1. The van der Waals surface area contributed by atoms with Crippen molar-refractivity contribution in [1.29, 1.82) is 0 Å². The summed E-state index contributed by atoms with van der Waals surface area (Å²) in [5, 5.41) is 8.49. The fraction of sp³-hybridized carbons (Fsp3) is 0.409. The largest absolute Gasteiger partial charge is 0.492 e. The smallest absolute Gasteiger partial charge is 0.224 e. The Bertz CT molecular complexity index is 992. The molecule has 1 amide bonds. The molecule has 0 aliphatic rings. The molecule has 0 radical (unpaired) electrons. The number of benzene rings is 1. The molecule has 3 aromatic rings. The number of hydrogen-bond donors (Lipinski definition) is 1. The van der Waals surface area contributed by atoms with Gasteiger partial charge in [0, 0.05) is 23.5 Å². The summed E-state index contributed by atoms with van der Waals surface area (Å²) in [5.41, 5.74) is 4.83. The molecule has 0 saturated heterocycles. The Hall–Kier alpha value is -2.89. The van der Waals surface area contributed by atoms with Gasteiger partial charge in [0.05, 0.1) is 18.5 Å². The Morgan fingerprint density at radius 1 is 1.25 bits per heavy atom. The van der Waals surface area contributed by atoms with Crippen molar-refractivity contribution in [3.8, 4) is 5.75 Å². The summed E-state index contributed by atoms with van der Waals surface area (Å²) >= 11 is 0. The lowest BCUT2D eigenvalue weighted by Crippen LogP contribution is -2.14. The number of nitrogens with one attached hydrogen (secondary N) is 1. The van der Waals surface area contributed by atoms with Crippen molar-refractivity contribution < 1.29 is 9.53 Å². The minimum absolute atomic E-state index is 0.0380. The minimum Gasteiger partial charge on any atom is -0.492 e. The van der Waals surface area contributed by atoms with E-state index in [4.69, 9.17) is 9.72 Å². The van der Waals surface area contributed by atoms with E-state index in [0.717, 1.165) is 27.9 Å². The first-order valence-electron chi connectivity index (χ1n) is 9.77. The number of anilines is 1. The molecule has 0 unspecified atom stereocenters. The average molecular weight is 380 g/mol. The summed E-state index contributed by atoms with van der Waals surface area (Å²) in [5.74, 6) is 0.652. The molecule has 6 heteroatoms. The zero-order valence-electron chi connectivity index (χ0n) is 17.2. The van der Waals surface area contributed by atoms with Crippen LogP contribution in [0.1, 0.15) is 50.1 Å². The van der Waals surface area contributed by atoms with E-state index in [1.165, 1.54) is 0 Å². The lowest BCUT2D eigenvalue weighted by Gasteiger charge is -2.14. The molecule has 0 spiro atoms. The summed E-state index contributed by atoms with van der Waals surface area (Å²) in [6.07, 6.45) is 2.89. The van der Waals surface area contributed by atoms with E-state index in [1.807, 2.05) is 49.0 Å². The number of aryl methyl sites for hydroxylation is 2. The van der Waals surface area contributed by atoms with Crippen molar-refractivity contribution in [2.24, 2.45) is 0 Å². The van der Waals surface area contributed by atoms with Gasteiger partial charge in [-0.15, -0.1) is 0 Å². The molecule has 1 N–H and O–H groups in total. The monoisotopic (exact) mass is 380 g/mol. The van der Waals surface area contributed by atoms with Gasteiger partial charge in [0.2, 0.25) is 5.91 Å². The lowest BCUT2D eigenvalue weighted by molar-refractivity contribution is -0.116. The van der Waals surface area contributed by atoms with E-state index in [1.54, 1.807) is 0 Å². The number of amides is 1. The van der Waals surface area contributed by atoms with E-state index in [-0.39, 0.29) is 11.9 Å². The average Bonchev–Trinajstić information content (AvgIpc) is 3.07. The summed E-state index contributed by atoms with van der Waals surface area (Å²) in [6, 6.07) is 7.75. The second kappa shape index (κ2) is 8.42. The topological polar surface area (TPSA) is 69.0 Å². The van der Waals surface area contributed by atoms with Crippen molar-refractivity contribution in [3.05, 3.63) is 47.3 Å². The van der Waals surface area contributed by atoms with Gasteiger partial charge in [-0.05, 0) is 64.3 Å². The second-order valence-electron chi connectivity index (χ2n) is 7.20. The molecule has 0 bridgehead atoms. The highest BCUT2D eigenvalue weighted by molar-refractivity contribution is 5.92. The first-order chi connectivity index (χ1) is 13.4. The first kappa shape index (κ1) is 19.9. The maximum atomic E-state index is 12.5. The van der Waals surface area contributed by atoms with Gasteiger partial charge in [0.25, 0.3) is 0 Å². The van der Waals surface area contributed by atoms with Crippen molar-refractivity contribution in [1.82, 2.24) is 14.8 Å². The minimum atomic E-state index is -0.0380. The highest BCUT2D eigenvalue weighted by atomic mass is 16.5. The van der Waals surface area contributed by atoms with Gasteiger partial charge in [0.1, 0.15) is 5.75 Å². The number of pyridine rings is 1. The molecule has 0 fully saturated rings. The SMILES string of the molecule is CCOc1ccccc1NC(=O)CCc1c(C)nc2c(cnn2C(C)C)c1C. The molecular formula is C22H28N4O2. The Morgan fingerprint density at radius 2 is 2.00 bits per heavy atom. The maximum absolute atomic E-state index is 12.5. The zero-order chi connectivity index (χ0) is 20.3. The highest BCUT2D eigenvalue weighted by Crippen LogP contribution is 2.26. The first-order valence-corrected chi connectivity index (χ1v) is 9.77. The summed E-state index contributed by atoms with van der Waals surface area (Å²) in [4.78, 5) is 17.3. The standard InChI is InChI=1S/C22H28N4O2/c1-6-28-20-10-8-7-9-19(20)25-21(27)12-11-17-15(4)18-13-23-26(14(2)3)22(18)24-16(17)5/h7-10,13-14H,6,11-12H2,1-5H3,(H,25,27). The normalized spacial score (nSPS) is 11.2. The molecule has 2 heterocycles. The Labute approximate surface area is 165 Å². The third kappa shape index (κ3) is 4.01. The number of aromatic nitrogens is 3. The van der Waals surface area contributed by atoms with Crippen LogP contribution in [0.4, 0.5) is 5.69 Å². The van der Waals surface area contributed by atoms with E-state index in [9.17, 15) is 4.79 Å². The van der Waals surface area contributed by atoms with Gasteiger partial charge in [0.15, 0.2) is 5.65 Å². The third-order valence-electron chi connectivity index (χ3n) is 4.89. The highest BCUT2D eigenvalue weighted by Gasteiger charge is 2.16. The van der Waals surface area contributed by atoms with Crippen LogP contribution in [0.5, 0.6) is 5.75 Å². The van der Waals surface area contributed by atoms with Crippen LogP contribution in [-0.4, -0.2) is 27.3 Å². The van der Waals surface area contributed by atoms with Crippen LogP contribution in [0.15, 0.2) is 30.5 Å². The number of nitrogens with zero attached hydrogens (tertiary/aromatic N) is 3. The fourth-order valence-electron chi connectivity index (χ4n) is 3.44. The maximum Gasteiger partial charge on any atom is 0.224 e. The van der Waals surface area contributed by atoms with E-state index < -0.39 is 0 Å². The lowest BCUT2D eigenvalue weighted by atomic mass is 10.0. The third-order valence-corrected chi connectivity index (χ3v) is 4.89. The summed E-state index contributed by atoms with van der Waals surface area (Å²) in [7, 11) is 0. The predicted octanol–water partition coefficient (Wildman–Crippen LogP) is 4.60. The number of carbonyl (C=O) groups is 1. The number of fused-ring (bicyclic) bond motifs is 1. The molecule has 0 atom stereocenters. The Balaban J connectivity index is 1.76. The van der Waals surface area contributed by atoms with Crippen molar-refractivity contribution in [3.63, 3.8) is 0 Å². The van der Waals surface area contributed by atoms with Crippen LogP contribution >= 0.6 is 0 Å².